The third kappa shape index (κ3) is 3.30. The number of hydrogen-bond donors (Lipinski definition) is 2. The van der Waals surface area contributed by atoms with Crippen molar-refractivity contribution in [1.82, 2.24) is 4.72 Å². The van der Waals surface area contributed by atoms with E-state index in [4.69, 9.17) is 5.11 Å². The molecule has 0 fully saturated rings. The summed E-state index contributed by atoms with van der Waals surface area (Å²) in [6, 6.07) is 2.18. The fourth-order valence-corrected chi connectivity index (χ4v) is 4.00. The fraction of sp³-hybridized carbons (Fsp3) is 0.364. The summed E-state index contributed by atoms with van der Waals surface area (Å²) in [5.41, 5.74) is 1.12. The average molecular weight is 336 g/mol. The number of carboxylic acid groups (broad SMARTS) is 1. The predicted octanol–water partition coefficient (Wildman–Crippen LogP) is 1.82. The van der Waals surface area contributed by atoms with E-state index in [1.165, 1.54) is 6.92 Å². The number of carboxylic acids is 1. The summed E-state index contributed by atoms with van der Waals surface area (Å²) in [5.74, 6) is -1.22. The second-order valence-corrected chi connectivity index (χ2v) is 6.62. The molecule has 0 aliphatic rings. The van der Waals surface area contributed by atoms with Crippen molar-refractivity contribution in [3.63, 3.8) is 0 Å². The summed E-state index contributed by atoms with van der Waals surface area (Å²) >= 11 is 3.28. The van der Waals surface area contributed by atoms with Crippen LogP contribution in [0.25, 0.3) is 0 Å². The van der Waals surface area contributed by atoms with Gasteiger partial charge in [-0.05, 0) is 44.0 Å². The zero-order valence-electron chi connectivity index (χ0n) is 10.2. The summed E-state index contributed by atoms with van der Waals surface area (Å²) in [6.07, 6.45) is 0. The van der Waals surface area contributed by atoms with Gasteiger partial charge in [-0.3, -0.25) is 4.79 Å². The Kier molecular flexibility index (Phi) is 4.52. The Balaban J connectivity index is 3.25. The molecule has 0 aliphatic heterocycles. The Morgan fingerprint density at radius 1 is 1.33 bits per heavy atom. The van der Waals surface area contributed by atoms with E-state index in [1.807, 2.05) is 0 Å². The van der Waals surface area contributed by atoms with Gasteiger partial charge in [0.1, 0.15) is 6.04 Å². The van der Waals surface area contributed by atoms with Crippen LogP contribution in [0.2, 0.25) is 0 Å². The molecule has 1 atom stereocenters. The average Bonchev–Trinajstić information content (AvgIpc) is 2.13. The Hall–Kier alpha value is -0.920. The van der Waals surface area contributed by atoms with Crippen LogP contribution in [0.1, 0.15) is 18.1 Å². The molecular weight excluding hydrogens is 322 g/mol. The summed E-state index contributed by atoms with van der Waals surface area (Å²) in [7, 11) is -3.83. The molecule has 5 nitrogen and oxygen atoms in total. The first-order chi connectivity index (χ1) is 8.15. The molecular formula is C11H14BrNO4S. The molecule has 1 aromatic rings. The number of aliphatic carboxylic acids is 1. The zero-order valence-corrected chi connectivity index (χ0v) is 12.6. The van der Waals surface area contributed by atoms with E-state index in [2.05, 4.69) is 20.7 Å². The van der Waals surface area contributed by atoms with Crippen LogP contribution in [0, 0.1) is 13.8 Å². The van der Waals surface area contributed by atoms with Gasteiger partial charge in [0.2, 0.25) is 10.0 Å². The Morgan fingerprint density at radius 2 is 1.78 bits per heavy atom. The number of carbonyl (C=O) groups is 1. The first-order valence-electron chi connectivity index (χ1n) is 5.17. The number of rotatable bonds is 4. The van der Waals surface area contributed by atoms with Gasteiger partial charge in [-0.15, -0.1) is 0 Å². The highest BCUT2D eigenvalue weighted by Crippen LogP contribution is 2.24. The summed E-state index contributed by atoms with van der Waals surface area (Å²) in [6.45, 7) is 4.61. The lowest BCUT2D eigenvalue weighted by Crippen LogP contribution is -2.38. The van der Waals surface area contributed by atoms with Gasteiger partial charge in [0.15, 0.2) is 0 Å². The Labute approximate surface area is 114 Å². The van der Waals surface area contributed by atoms with Crippen molar-refractivity contribution in [3.05, 3.63) is 27.7 Å². The molecule has 2 N–H and O–H groups in total. The van der Waals surface area contributed by atoms with E-state index < -0.39 is 22.0 Å². The van der Waals surface area contributed by atoms with E-state index in [9.17, 15) is 13.2 Å². The number of benzene rings is 1. The summed E-state index contributed by atoms with van der Waals surface area (Å²) in [4.78, 5) is 10.8. The highest BCUT2D eigenvalue weighted by atomic mass is 79.9. The highest BCUT2D eigenvalue weighted by Gasteiger charge is 2.24. The molecule has 1 aromatic carbocycles. The maximum atomic E-state index is 12.1. The van der Waals surface area contributed by atoms with Gasteiger partial charge in [-0.2, -0.15) is 4.72 Å². The van der Waals surface area contributed by atoms with Gasteiger partial charge in [0.25, 0.3) is 0 Å². The Bertz CT molecular complexity index is 560. The van der Waals surface area contributed by atoms with Crippen molar-refractivity contribution < 1.29 is 18.3 Å². The Morgan fingerprint density at radius 3 is 2.17 bits per heavy atom. The molecule has 7 heteroatoms. The van der Waals surface area contributed by atoms with Crippen LogP contribution in [0.3, 0.4) is 0 Å². The van der Waals surface area contributed by atoms with Crippen LogP contribution in [0.15, 0.2) is 21.5 Å². The van der Waals surface area contributed by atoms with E-state index >= 15 is 0 Å². The van der Waals surface area contributed by atoms with Gasteiger partial charge in [0.05, 0.1) is 4.90 Å². The number of sulfonamides is 1. The number of nitrogens with one attached hydrogen (secondary N) is 1. The molecule has 100 valence electrons. The van der Waals surface area contributed by atoms with E-state index in [0.717, 1.165) is 4.47 Å². The maximum absolute atomic E-state index is 12.1. The third-order valence-corrected chi connectivity index (χ3v) is 4.70. The van der Waals surface area contributed by atoms with Gasteiger partial charge in [-0.1, -0.05) is 15.9 Å². The maximum Gasteiger partial charge on any atom is 0.321 e. The number of halogens is 1. The van der Waals surface area contributed by atoms with Gasteiger partial charge < -0.3 is 5.11 Å². The first kappa shape index (κ1) is 15.1. The standard InChI is InChI=1S/C11H14BrNO4S/c1-6-4-9(12)5-7(2)10(6)18(16,17)13-8(3)11(14)15/h4-5,8,13H,1-3H3,(H,14,15)/t8-/m0/s1. The minimum Gasteiger partial charge on any atom is -0.480 e. The number of hydrogen-bond acceptors (Lipinski definition) is 3. The topological polar surface area (TPSA) is 83.5 Å². The monoisotopic (exact) mass is 335 g/mol. The van der Waals surface area contributed by atoms with Crippen molar-refractivity contribution in [1.29, 1.82) is 0 Å². The molecule has 0 radical (unpaired) electrons. The molecule has 0 aliphatic carbocycles. The van der Waals surface area contributed by atoms with Crippen molar-refractivity contribution in [2.45, 2.75) is 31.7 Å². The number of aryl methyl sites for hydroxylation is 2. The molecule has 1 rings (SSSR count). The molecule has 0 aromatic heterocycles. The zero-order chi connectivity index (χ0) is 14.1. The molecule has 0 spiro atoms. The van der Waals surface area contributed by atoms with Crippen LogP contribution < -0.4 is 4.72 Å². The molecule has 18 heavy (non-hydrogen) atoms. The lowest BCUT2D eigenvalue weighted by atomic mass is 10.2. The smallest absolute Gasteiger partial charge is 0.321 e. The third-order valence-electron chi connectivity index (χ3n) is 2.40. The molecule has 0 unspecified atom stereocenters. The first-order valence-corrected chi connectivity index (χ1v) is 7.44. The molecule has 0 amide bonds. The summed E-state index contributed by atoms with van der Waals surface area (Å²) in [5, 5.41) is 8.74. The van der Waals surface area contributed by atoms with E-state index in [-0.39, 0.29) is 4.90 Å². The minimum absolute atomic E-state index is 0.124. The fourth-order valence-electron chi connectivity index (χ4n) is 1.66. The quantitative estimate of drug-likeness (QED) is 0.878. The van der Waals surface area contributed by atoms with Crippen molar-refractivity contribution in [2.75, 3.05) is 0 Å². The molecule has 0 heterocycles. The van der Waals surface area contributed by atoms with Crippen LogP contribution in [0.5, 0.6) is 0 Å². The largest absolute Gasteiger partial charge is 0.480 e. The van der Waals surface area contributed by atoms with Crippen molar-refractivity contribution in [3.8, 4) is 0 Å². The predicted molar refractivity (Wildman–Crippen MR) is 71.0 cm³/mol. The van der Waals surface area contributed by atoms with Gasteiger partial charge in [-0.25, -0.2) is 8.42 Å². The van der Waals surface area contributed by atoms with Crippen molar-refractivity contribution >= 4 is 31.9 Å². The van der Waals surface area contributed by atoms with Crippen LogP contribution in [-0.2, 0) is 14.8 Å². The van der Waals surface area contributed by atoms with Crippen LogP contribution in [-0.4, -0.2) is 25.5 Å². The lowest BCUT2D eigenvalue weighted by molar-refractivity contribution is -0.138. The normalized spacial score (nSPS) is 13.3. The van der Waals surface area contributed by atoms with Gasteiger partial charge >= 0.3 is 5.97 Å². The SMILES string of the molecule is Cc1cc(Br)cc(C)c1S(=O)(=O)N[C@@H](C)C(=O)O. The highest BCUT2D eigenvalue weighted by molar-refractivity contribution is 9.10. The van der Waals surface area contributed by atoms with E-state index in [1.54, 1.807) is 26.0 Å². The van der Waals surface area contributed by atoms with Crippen molar-refractivity contribution in [2.24, 2.45) is 0 Å². The van der Waals surface area contributed by atoms with Crippen LogP contribution >= 0.6 is 15.9 Å². The lowest BCUT2D eigenvalue weighted by Gasteiger charge is -2.14. The minimum atomic E-state index is -3.83. The summed E-state index contributed by atoms with van der Waals surface area (Å²) < 4.78 is 27.1. The second-order valence-electron chi connectivity index (χ2n) is 4.05. The molecule has 0 bridgehead atoms. The second kappa shape index (κ2) is 5.38. The van der Waals surface area contributed by atoms with E-state index in [0.29, 0.717) is 11.1 Å². The van der Waals surface area contributed by atoms with Gasteiger partial charge in [0, 0.05) is 4.47 Å². The van der Waals surface area contributed by atoms with Crippen LogP contribution in [0.4, 0.5) is 0 Å². The molecule has 0 saturated heterocycles. The molecule has 0 saturated carbocycles.